The summed E-state index contributed by atoms with van der Waals surface area (Å²) in [6.45, 7) is 12.7. The van der Waals surface area contributed by atoms with Crippen molar-refractivity contribution in [3.05, 3.63) is 65.3 Å². The maximum atomic E-state index is 12.9. The van der Waals surface area contributed by atoms with Crippen molar-refractivity contribution in [3.8, 4) is 0 Å². The predicted molar refractivity (Wildman–Crippen MR) is 104 cm³/mol. The molecule has 1 aromatic carbocycles. The third-order valence-electron chi connectivity index (χ3n) is 4.38. The fraction of sp³-hybridized carbons (Fsp3) is 0.435. The second-order valence-electron chi connectivity index (χ2n) is 8.70. The van der Waals surface area contributed by atoms with Crippen molar-refractivity contribution in [1.82, 2.24) is 0 Å². The first-order valence-electron chi connectivity index (χ1n) is 8.80. The highest BCUT2D eigenvalue weighted by atomic mass is 16.1. The topological polar surface area (TPSA) is 17.1 Å². The number of ketones is 1. The van der Waals surface area contributed by atoms with Gasteiger partial charge in [-0.05, 0) is 28.7 Å². The maximum absolute atomic E-state index is 12.9. The van der Waals surface area contributed by atoms with E-state index < -0.39 is 0 Å². The van der Waals surface area contributed by atoms with Gasteiger partial charge in [0.1, 0.15) is 0 Å². The van der Waals surface area contributed by atoms with Gasteiger partial charge in [0.05, 0.1) is 0 Å². The molecular formula is C23H30O. The van der Waals surface area contributed by atoms with Crippen molar-refractivity contribution < 1.29 is 4.79 Å². The Balaban J connectivity index is 2.26. The zero-order valence-corrected chi connectivity index (χ0v) is 15.9. The number of Topliss-reactive ketones (excluding diaryl/α,β-unsaturated/α-hetero) is 1. The molecule has 1 nitrogen and oxygen atoms in total. The van der Waals surface area contributed by atoms with E-state index >= 15 is 0 Å². The average Bonchev–Trinajstić information content (AvgIpc) is 2.47. The summed E-state index contributed by atoms with van der Waals surface area (Å²) < 4.78 is 0. The molecule has 0 unspecified atom stereocenters. The molecule has 0 saturated carbocycles. The zero-order valence-electron chi connectivity index (χ0n) is 15.9. The number of hydrogen-bond acceptors (Lipinski definition) is 1. The number of rotatable bonds is 3. The van der Waals surface area contributed by atoms with Crippen LogP contribution in [0.25, 0.3) is 6.08 Å². The zero-order chi connectivity index (χ0) is 18.0. The summed E-state index contributed by atoms with van der Waals surface area (Å²) in [6.07, 6.45) is 9.64. The first-order valence-corrected chi connectivity index (χ1v) is 8.80. The van der Waals surface area contributed by atoms with Crippen LogP contribution >= 0.6 is 0 Å². The summed E-state index contributed by atoms with van der Waals surface area (Å²) in [5.74, 6) is 0.504. The van der Waals surface area contributed by atoms with E-state index in [1.54, 1.807) is 0 Å². The molecule has 1 aliphatic carbocycles. The Morgan fingerprint density at radius 3 is 1.83 bits per heavy atom. The molecule has 0 bridgehead atoms. The van der Waals surface area contributed by atoms with Gasteiger partial charge < -0.3 is 0 Å². The molecule has 0 N–H and O–H groups in total. The summed E-state index contributed by atoms with van der Waals surface area (Å²) in [7, 11) is 0. The molecule has 0 saturated heterocycles. The molecule has 0 fully saturated rings. The highest BCUT2D eigenvalue weighted by molar-refractivity contribution is 6.10. The Bertz CT molecular complexity index is 639. The number of hydrogen-bond donors (Lipinski definition) is 0. The maximum Gasteiger partial charge on any atom is 0.185 e. The van der Waals surface area contributed by atoms with E-state index in [4.69, 9.17) is 0 Å². The van der Waals surface area contributed by atoms with Gasteiger partial charge in [-0.25, -0.2) is 0 Å². The second-order valence-corrected chi connectivity index (χ2v) is 8.70. The molecule has 0 spiro atoms. The molecular weight excluding hydrogens is 292 g/mol. The van der Waals surface area contributed by atoms with Crippen LogP contribution < -0.4 is 0 Å². The van der Waals surface area contributed by atoms with Crippen molar-refractivity contribution in [2.24, 2.45) is 16.7 Å². The minimum Gasteiger partial charge on any atom is -0.289 e. The van der Waals surface area contributed by atoms with E-state index in [9.17, 15) is 4.79 Å². The lowest BCUT2D eigenvalue weighted by Crippen LogP contribution is -2.29. The molecule has 128 valence electrons. The van der Waals surface area contributed by atoms with Crippen LogP contribution in [-0.2, 0) is 4.79 Å². The highest BCUT2D eigenvalue weighted by Gasteiger charge is 2.34. The first kappa shape index (κ1) is 18.4. The Hall–Kier alpha value is -1.89. The molecule has 0 aromatic heterocycles. The Labute approximate surface area is 147 Å². The Morgan fingerprint density at radius 1 is 0.875 bits per heavy atom. The average molecular weight is 322 g/mol. The highest BCUT2D eigenvalue weighted by Crippen LogP contribution is 2.39. The molecule has 1 aliphatic rings. The van der Waals surface area contributed by atoms with Crippen LogP contribution in [0.1, 0.15) is 53.5 Å². The molecule has 24 heavy (non-hydrogen) atoms. The van der Waals surface area contributed by atoms with Crippen LogP contribution in [0.5, 0.6) is 0 Å². The van der Waals surface area contributed by atoms with E-state index in [1.165, 1.54) is 5.56 Å². The van der Waals surface area contributed by atoms with Crippen LogP contribution in [0, 0.1) is 16.7 Å². The quantitative estimate of drug-likeness (QED) is 0.644. The second kappa shape index (κ2) is 6.93. The summed E-state index contributed by atoms with van der Waals surface area (Å²) in [6, 6.07) is 10.3. The van der Waals surface area contributed by atoms with E-state index in [0.29, 0.717) is 0 Å². The van der Waals surface area contributed by atoms with Gasteiger partial charge >= 0.3 is 0 Å². The molecule has 0 heterocycles. The predicted octanol–water partition coefficient (Wildman–Crippen LogP) is 6.23. The van der Waals surface area contributed by atoms with Crippen LogP contribution in [0.2, 0.25) is 0 Å². The molecule has 0 amide bonds. The van der Waals surface area contributed by atoms with Gasteiger partial charge in [0, 0.05) is 11.1 Å². The van der Waals surface area contributed by atoms with Gasteiger partial charge in [-0.1, -0.05) is 96.2 Å². The molecule has 2 rings (SSSR count). The van der Waals surface area contributed by atoms with Crippen LogP contribution in [-0.4, -0.2) is 5.78 Å². The number of carbonyl (C=O) groups excluding carboxylic acids is 1. The summed E-state index contributed by atoms with van der Waals surface area (Å²) in [5.41, 5.74) is 2.87. The van der Waals surface area contributed by atoms with E-state index in [1.807, 2.05) is 18.2 Å². The lowest BCUT2D eigenvalue weighted by Gasteiger charge is -2.33. The van der Waals surface area contributed by atoms with Gasteiger partial charge in [-0.15, -0.1) is 0 Å². The largest absolute Gasteiger partial charge is 0.289 e. The monoisotopic (exact) mass is 322 g/mol. The standard InChI is InChI=1S/C23H30O/c1-22(2,3)19-15-18(16-20(21(19)24)23(4,5)6)14-10-13-17-11-8-7-9-12-17/h7-13,15-16,18H,14H2,1-6H3. The molecule has 1 aromatic rings. The fourth-order valence-corrected chi connectivity index (χ4v) is 3.02. The first-order chi connectivity index (χ1) is 11.1. The smallest absolute Gasteiger partial charge is 0.185 e. The summed E-state index contributed by atoms with van der Waals surface area (Å²) in [4.78, 5) is 12.9. The van der Waals surface area contributed by atoms with Crippen LogP contribution in [0.3, 0.4) is 0 Å². The normalized spacial score (nSPS) is 17.2. The van der Waals surface area contributed by atoms with Crippen molar-refractivity contribution in [1.29, 1.82) is 0 Å². The summed E-state index contributed by atoms with van der Waals surface area (Å²) in [5, 5.41) is 0. The van der Waals surface area contributed by atoms with Crippen molar-refractivity contribution >= 4 is 11.9 Å². The number of allylic oxidation sites excluding steroid dienone is 5. The van der Waals surface area contributed by atoms with E-state index in [2.05, 4.69) is 78.0 Å². The van der Waals surface area contributed by atoms with Gasteiger partial charge in [-0.3, -0.25) is 4.79 Å². The van der Waals surface area contributed by atoms with Gasteiger partial charge in [-0.2, -0.15) is 0 Å². The van der Waals surface area contributed by atoms with Gasteiger partial charge in [0.25, 0.3) is 0 Å². The lowest BCUT2D eigenvalue weighted by molar-refractivity contribution is -0.114. The van der Waals surface area contributed by atoms with E-state index in [-0.39, 0.29) is 22.5 Å². The fourth-order valence-electron chi connectivity index (χ4n) is 3.02. The number of benzene rings is 1. The van der Waals surface area contributed by atoms with Crippen molar-refractivity contribution in [2.45, 2.75) is 48.0 Å². The van der Waals surface area contributed by atoms with Gasteiger partial charge in [0.2, 0.25) is 0 Å². The van der Waals surface area contributed by atoms with Crippen molar-refractivity contribution in [2.75, 3.05) is 0 Å². The molecule has 0 atom stereocenters. The Morgan fingerprint density at radius 2 is 1.38 bits per heavy atom. The third-order valence-corrected chi connectivity index (χ3v) is 4.38. The minimum atomic E-state index is -0.122. The summed E-state index contributed by atoms with van der Waals surface area (Å²) >= 11 is 0. The lowest BCUT2D eigenvalue weighted by atomic mass is 9.70. The SMILES string of the molecule is CC(C)(C)C1=CC(CC=Cc2ccccc2)C=C(C(C)(C)C)C1=O. The molecule has 0 radical (unpaired) electrons. The third kappa shape index (κ3) is 4.56. The molecule has 0 aliphatic heterocycles. The number of carbonyl (C=O) groups is 1. The minimum absolute atomic E-state index is 0.122. The van der Waals surface area contributed by atoms with Crippen LogP contribution in [0.4, 0.5) is 0 Å². The Kier molecular flexibility index (Phi) is 5.32. The van der Waals surface area contributed by atoms with Crippen molar-refractivity contribution in [3.63, 3.8) is 0 Å². The van der Waals surface area contributed by atoms with E-state index in [0.717, 1.165) is 17.6 Å². The van der Waals surface area contributed by atoms with Gasteiger partial charge in [0.15, 0.2) is 5.78 Å². The van der Waals surface area contributed by atoms with Crippen LogP contribution in [0.15, 0.2) is 59.7 Å². The molecule has 1 heteroatoms.